The van der Waals surface area contributed by atoms with Gasteiger partial charge in [-0.15, -0.1) is 0 Å². The maximum atomic E-state index is 13.2. The van der Waals surface area contributed by atoms with E-state index in [-0.39, 0.29) is 35.7 Å². The van der Waals surface area contributed by atoms with Crippen LogP contribution in [0.25, 0.3) is 11.3 Å². The van der Waals surface area contributed by atoms with Crippen molar-refractivity contribution < 1.29 is 32.2 Å². The predicted octanol–water partition coefficient (Wildman–Crippen LogP) is 4.85. The number of amides is 2. The minimum Gasteiger partial charge on any atom is -0.483 e. The number of nitrogens with zero attached hydrogens (tertiary/aromatic N) is 3. The maximum Gasteiger partial charge on any atom is 0.416 e. The fraction of sp³-hybridized carbons (Fsp3) is 0.385. The summed E-state index contributed by atoms with van der Waals surface area (Å²) in [5.74, 6) is 0.159. The van der Waals surface area contributed by atoms with E-state index in [1.807, 2.05) is 12.1 Å². The summed E-state index contributed by atoms with van der Waals surface area (Å²) in [6, 6.07) is 8.03. The van der Waals surface area contributed by atoms with Crippen molar-refractivity contribution in [3.8, 4) is 23.0 Å². The van der Waals surface area contributed by atoms with Crippen molar-refractivity contribution in [2.75, 3.05) is 18.5 Å². The van der Waals surface area contributed by atoms with Gasteiger partial charge in [-0.25, -0.2) is 9.78 Å². The summed E-state index contributed by atoms with van der Waals surface area (Å²) >= 11 is 0. The molecule has 1 aromatic carbocycles. The van der Waals surface area contributed by atoms with Crippen molar-refractivity contribution in [1.82, 2.24) is 20.3 Å². The van der Waals surface area contributed by atoms with Crippen LogP contribution in [0.3, 0.4) is 0 Å². The fourth-order valence-corrected chi connectivity index (χ4v) is 4.26. The van der Waals surface area contributed by atoms with E-state index in [9.17, 15) is 18.0 Å². The third-order valence-corrected chi connectivity index (χ3v) is 6.33. The summed E-state index contributed by atoms with van der Waals surface area (Å²) in [4.78, 5) is 25.4. The first kappa shape index (κ1) is 25.7. The van der Waals surface area contributed by atoms with Gasteiger partial charge in [0.15, 0.2) is 0 Å². The number of urea groups is 1. The van der Waals surface area contributed by atoms with Crippen LogP contribution in [-0.2, 0) is 10.9 Å². The van der Waals surface area contributed by atoms with E-state index in [1.54, 1.807) is 24.7 Å². The molecule has 200 valence electrons. The molecule has 0 spiro atoms. The average Bonchev–Trinajstić information content (AvgIpc) is 2.88. The quantitative estimate of drug-likeness (QED) is 0.451. The first-order valence-electron chi connectivity index (χ1n) is 12.3. The molecule has 2 N–H and O–H groups in total. The third kappa shape index (κ3) is 6.49. The normalized spacial score (nSPS) is 19.8. The minimum absolute atomic E-state index is 0.0492. The van der Waals surface area contributed by atoms with Gasteiger partial charge in [-0.2, -0.15) is 18.2 Å². The molecule has 2 fully saturated rings. The fourth-order valence-electron chi connectivity index (χ4n) is 4.26. The van der Waals surface area contributed by atoms with Crippen LogP contribution in [-0.4, -0.2) is 52.4 Å². The number of halogens is 3. The number of carbonyl (C=O) groups is 1. The summed E-state index contributed by atoms with van der Waals surface area (Å²) in [6.07, 6.45) is 2.67. The van der Waals surface area contributed by atoms with Gasteiger partial charge < -0.3 is 24.8 Å². The Morgan fingerprint density at radius 2 is 1.82 bits per heavy atom. The van der Waals surface area contributed by atoms with Crippen LogP contribution in [0, 0.1) is 0 Å². The number of carbonyl (C=O) groups excluding carboxylic acids is 1. The highest BCUT2D eigenvalue weighted by Gasteiger charge is 2.32. The Labute approximate surface area is 216 Å². The number of benzene rings is 1. The highest BCUT2D eigenvalue weighted by molar-refractivity contribution is 5.91. The largest absolute Gasteiger partial charge is 0.483 e. The number of hydrogen-bond donors (Lipinski definition) is 2. The second-order valence-corrected chi connectivity index (χ2v) is 9.14. The number of rotatable bonds is 7. The summed E-state index contributed by atoms with van der Waals surface area (Å²) in [6.45, 7) is 0.688. The molecule has 2 aromatic heterocycles. The Bertz CT molecular complexity index is 1250. The summed E-state index contributed by atoms with van der Waals surface area (Å²) in [5.41, 5.74) is 0.635. The molecule has 0 unspecified atom stereocenters. The third-order valence-electron chi connectivity index (χ3n) is 6.33. The summed E-state index contributed by atoms with van der Waals surface area (Å²) in [7, 11) is 0. The predicted molar refractivity (Wildman–Crippen MR) is 131 cm³/mol. The van der Waals surface area contributed by atoms with Gasteiger partial charge in [-0.05, 0) is 62.1 Å². The second kappa shape index (κ2) is 11.2. The first-order chi connectivity index (χ1) is 18.3. The lowest BCUT2D eigenvalue weighted by Gasteiger charge is -2.29. The van der Waals surface area contributed by atoms with E-state index >= 15 is 0 Å². The van der Waals surface area contributed by atoms with Gasteiger partial charge in [-0.1, -0.05) is 0 Å². The van der Waals surface area contributed by atoms with Crippen molar-refractivity contribution in [1.29, 1.82) is 0 Å². The smallest absolute Gasteiger partial charge is 0.416 e. The lowest BCUT2D eigenvalue weighted by Crippen LogP contribution is -2.42. The Balaban J connectivity index is 1.15. The lowest BCUT2D eigenvalue weighted by atomic mass is 9.93. The number of pyridine rings is 1. The van der Waals surface area contributed by atoms with Crippen molar-refractivity contribution in [3.63, 3.8) is 0 Å². The van der Waals surface area contributed by atoms with Crippen molar-refractivity contribution in [2.45, 2.75) is 50.1 Å². The molecule has 3 aromatic rings. The minimum atomic E-state index is -4.55. The first-order valence-corrected chi connectivity index (χ1v) is 12.3. The van der Waals surface area contributed by atoms with E-state index < -0.39 is 17.8 Å². The summed E-state index contributed by atoms with van der Waals surface area (Å²) < 4.78 is 56.4. The van der Waals surface area contributed by atoms with Gasteiger partial charge in [0.25, 0.3) is 0 Å². The highest BCUT2D eigenvalue weighted by atomic mass is 19.4. The number of ether oxygens (including phenoxy) is 3. The Kier molecular flexibility index (Phi) is 7.59. The summed E-state index contributed by atoms with van der Waals surface area (Å²) in [5, 5.41) is 5.37. The molecule has 2 amide bonds. The molecule has 1 aliphatic heterocycles. The standard InChI is InChI=1S/C26H26F3N5O4/c27-26(28,29)17-3-8-23(37-20-14-36-15-20)22(12-17)33-24(35)32-18-4-6-19(7-5-18)38-25-31-11-9-21(34-25)16-2-1-10-30-13-16/h1-3,8-13,18-20H,4-7,14-15H2,(H2,32,33,35). The van der Waals surface area contributed by atoms with Crippen molar-refractivity contribution in [2.24, 2.45) is 0 Å². The molecule has 5 rings (SSSR count). The van der Waals surface area contributed by atoms with Gasteiger partial charge in [0.1, 0.15) is 18.0 Å². The van der Waals surface area contributed by atoms with Gasteiger partial charge in [0.2, 0.25) is 0 Å². The molecular weight excluding hydrogens is 503 g/mol. The Hall–Kier alpha value is -3.93. The highest BCUT2D eigenvalue weighted by Crippen LogP contribution is 2.36. The van der Waals surface area contributed by atoms with Crippen LogP contribution < -0.4 is 20.1 Å². The molecule has 3 heterocycles. The number of nitrogens with one attached hydrogen (secondary N) is 2. The molecular formula is C26H26F3N5O4. The molecule has 0 radical (unpaired) electrons. The van der Waals surface area contributed by atoms with Crippen LogP contribution in [0.4, 0.5) is 23.7 Å². The van der Waals surface area contributed by atoms with E-state index in [0.29, 0.717) is 44.6 Å². The van der Waals surface area contributed by atoms with E-state index in [4.69, 9.17) is 14.2 Å². The monoisotopic (exact) mass is 529 g/mol. The molecule has 12 heteroatoms. The SMILES string of the molecule is O=C(Nc1cc(C(F)(F)F)ccc1OC1COC1)NC1CCC(Oc2nccc(-c3cccnc3)n2)CC1. The van der Waals surface area contributed by atoms with E-state index in [2.05, 4.69) is 25.6 Å². The van der Waals surface area contributed by atoms with E-state index in [1.165, 1.54) is 6.07 Å². The number of alkyl halides is 3. The van der Waals surface area contributed by atoms with Gasteiger partial charge in [0, 0.05) is 30.2 Å². The van der Waals surface area contributed by atoms with E-state index in [0.717, 1.165) is 17.7 Å². The van der Waals surface area contributed by atoms with Crippen LogP contribution in [0.2, 0.25) is 0 Å². The van der Waals surface area contributed by atoms with Gasteiger partial charge >= 0.3 is 18.2 Å². The molecule has 1 aliphatic carbocycles. The van der Waals surface area contributed by atoms with Gasteiger partial charge in [-0.3, -0.25) is 4.98 Å². The Morgan fingerprint density at radius 3 is 2.50 bits per heavy atom. The molecule has 2 aliphatic rings. The van der Waals surface area contributed by atoms with Gasteiger partial charge in [0.05, 0.1) is 30.2 Å². The molecule has 1 saturated heterocycles. The molecule has 0 bridgehead atoms. The molecule has 38 heavy (non-hydrogen) atoms. The second-order valence-electron chi connectivity index (χ2n) is 9.14. The molecule has 0 atom stereocenters. The van der Waals surface area contributed by atoms with Crippen molar-refractivity contribution >= 4 is 11.7 Å². The number of anilines is 1. The zero-order valence-corrected chi connectivity index (χ0v) is 20.3. The topological polar surface area (TPSA) is 107 Å². The Morgan fingerprint density at radius 1 is 1.00 bits per heavy atom. The molecule has 9 nitrogen and oxygen atoms in total. The zero-order chi connectivity index (χ0) is 26.5. The van der Waals surface area contributed by atoms with Crippen LogP contribution in [0.15, 0.2) is 55.0 Å². The maximum absolute atomic E-state index is 13.2. The number of hydrogen-bond acceptors (Lipinski definition) is 7. The average molecular weight is 530 g/mol. The van der Waals surface area contributed by atoms with Crippen LogP contribution >= 0.6 is 0 Å². The lowest BCUT2D eigenvalue weighted by molar-refractivity contribution is -0.137. The molecule has 1 saturated carbocycles. The van der Waals surface area contributed by atoms with Crippen molar-refractivity contribution in [3.05, 3.63) is 60.6 Å². The van der Waals surface area contributed by atoms with Crippen LogP contribution in [0.5, 0.6) is 11.8 Å². The number of aromatic nitrogens is 3. The van der Waals surface area contributed by atoms with Crippen LogP contribution in [0.1, 0.15) is 31.2 Å². The zero-order valence-electron chi connectivity index (χ0n) is 20.3.